The van der Waals surface area contributed by atoms with Crippen LogP contribution in [0.15, 0.2) is 18.2 Å². The number of aryl methyl sites for hydroxylation is 2. The normalized spacial score (nSPS) is 15.2. The van der Waals surface area contributed by atoms with E-state index in [1.54, 1.807) is 0 Å². The van der Waals surface area contributed by atoms with E-state index in [0.29, 0.717) is 5.71 Å². The van der Waals surface area contributed by atoms with Crippen molar-refractivity contribution in [3.05, 3.63) is 34.9 Å². The molecule has 68 valence electrons. The van der Waals surface area contributed by atoms with Gasteiger partial charge in [-0.2, -0.15) is 0 Å². The van der Waals surface area contributed by atoms with Gasteiger partial charge in [0, 0.05) is 5.71 Å². The Balaban J connectivity index is 2.40. The molecule has 0 aromatic heterocycles. The maximum atomic E-state index is 7.55. The molecule has 0 aliphatic heterocycles. The van der Waals surface area contributed by atoms with Crippen LogP contribution in [-0.2, 0) is 12.8 Å². The Morgan fingerprint density at radius 1 is 1.15 bits per heavy atom. The van der Waals surface area contributed by atoms with Gasteiger partial charge in [-0.05, 0) is 55.4 Å². The Labute approximate surface area is 79.3 Å². The molecule has 1 aromatic carbocycles. The molecule has 2 rings (SSSR count). The van der Waals surface area contributed by atoms with Crippen molar-refractivity contribution in [2.24, 2.45) is 0 Å². The Morgan fingerprint density at radius 3 is 2.54 bits per heavy atom. The summed E-state index contributed by atoms with van der Waals surface area (Å²) in [7, 11) is 0. The van der Waals surface area contributed by atoms with Gasteiger partial charge < -0.3 is 5.41 Å². The van der Waals surface area contributed by atoms with Crippen LogP contribution in [0.1, 0.15) is 36.5 Å². The lowest BCUT2D eigenvalue weighted by atomic mass is 9.90. The monoisotopic (exact) mass is 173 g/mol. The molecule has 0 amide bonds. The molecule has 0 atom stereocenters. The van der Waals surface area contributed by atoms with Crippen LogP contribution in [0, 0.1) is 5.41 Å². The minimum atomic E-state index is 0.674. The van der Waals surface area contributed by atoms with E-state index in [4.69, 9.17) is 5.41 Å². The summed E-state index contributed by atoms with van der Waals surface area (Å²) in [5.41, 5.74) is 4.72. The van der Waals surface area contributed by atoms with E-state index in [2.05, 4.69) is 18.2 Å². The first-order chi connectivity index (χ1) is 6.27. The lowest BCUT2D eigenvalue weighted by molar-refractivity contribution is 0.685. The Bertz CT molecular complexity index is 339. The number of hydrogen-bond donors (Lipinski definition) is 1. The summed E-state index contributed by atoms with van der Waals surface area (Å²) in [6.07, 6.45) is 5.08. The fourth-order valence-corrected chi connectivity index (χ4v) is 1.97. The average molecular weight is 173 g/mol. The van der Waals surface area contributed by atoms with E-state index >= 15 is 0 Å². The molecule has 0 radical (unpaired) electrons. The van der Waals surface area contributed by atoms with Crippen molar-refractivity contribution in [1.82, 2.24) is 0 Å². The summed E-state index contributed by atoms with van der Waals surface area (Å²) in [4.78, 5) is 0. The third-order valence-electron chi connectivity index (χ3n) is 2.78. The van der Waals surface area contributed by atoms with Gasteiger partial charge in [-0.1, -0.05) is 12.1 Å². The highest BCUT2D eigenvalue weighted by atomic mass is 14.4. The number of rotatable bonds is 1. The summed E-state index contributed by atoms with van der Waals surface area (Å²) in [5, 5.41) is 7.55. The van der Waals surface area contributed by atoms with Gasteiger partial charge in [-0.15, -0.1) is 0 Å². The Morgan fingerprint density at radius 2 is 1.85 bits per heavy atom. The molecule has 0 spiro atoms. The van der Waals surface area contributed by atoms with Gasteiger partial charge >= 0.3 is 0 Å². The third kappa shape index (κ3) is 1.64. The van der Waals surface area contributed by atoms with E-state index < -0.39 is 0 Å². The van der Waals surface area contributed by atoms with E-state index in [-0.39, 0.29) is 0 Å². The fraction of sp³-hybridized carbons (Fsp3) is 0.417. The van der Waals surface area contributed by atoms with Crippen LogP contribution in [0.2, 0.25) is 0 Å². The topological polar surface area (TPSA) is 23.9 Å². The third-order valence-corrected chi connectivity index (χ3v) is 2.78. The zero-order valence-electron chi connectivity index (χ0n) is 8.06. The zero-order valence-corrected chi connectivity index (χ0v) is 8.06. The van der Waals surface area contributed by atoms with Crippen LogP contribution >= 0.6 is 0 Å². The highest BCUT2D eigenvalue weighted by Crippen LogP contribution is 2.22. The number of hydrogen-bond acceptors (Lipinski definition) is 1. The molecule has 1 aliphatic carbocycles. The van der Waals surface area contributed by atoms with Crippen LogP contribution in [0.3, 0.4) is 0 Å². The molecule has 1 N–H and O–H groups in total. The van der Waals surface area contributed by atoms with Crippen molar-refractivity contribution in [2.45, 2.75) is 32.6 Å². The summed E-state index contributed by atoms with van der Waals surface area (Å²) >= 11 is 0. The van der Waals surface area contributed by atoms with Crippen LogP contribution in [-0.4, -0.2) is 5.71 Å². The fourth-order valence-electron chi connectivity index (χ4n) is 1.97. The predicted molar refractivity (Wildman–Crippen MR) is 55.6 cm³/mol. The van der Waals surface area contributed by atoms with Crippen molar-refractivity contribution in [3.63, 3.8) is 0 Å². The molecule has 0 fully saturated rings. The molecule has 1 aromatic rings. The SMILES string of the molecule is CC(=N)c1ccc2c(c1)CCCC2. The first kappa shape index (κ1) is 8.49. The minimum Gasteiger partial charge on any atom is -0.305 e. The van der Waals surface area contributed by atoms with Gasteiger partial charge in [0.25, 0.3) is 0 Å². The van der Waals surface area contributed by atoms with E-state index in [1.165, 1.54) is 36.8 Å². The first-order valence-corrected chi connectivity index (χ1v) is 4.95. The predicted octanol–water partition coefficient (Wildman–Crippen LogP) is 2.95. The zero-order chi connectivity index (χ0) is 9.26. The smallest absolute Gasteiger partial charge is 0.0355 e. The summed E-state index contributed by atoms with van der Waals surface area (Å²) in [6, 6.07) is 6.46. The summed E-state index contributed by atoms with van der Waals surface area (Å²) in [6.45, 7) is 1.85. The van der Waals surface area contributed by atoms with E-state index in [9.17, 15) is 0 Å². The van der Waals surface area contributed by atoms with Gasteiger partial charge in [0.05, 0.1) is 0 Å². The molecule has 13 heavy (non-hydrogen) atoms. The van der Waals surface area contributed by atoms with Gasteiger partial charge in [0.1, 0.15) is 0 Å². The van der Waals surface area contributed by atoms with Crippen molar-refractivity contribution in [1.29, 1.82) is 5.41 Å². The lowest BCUT2D eigenvalue weighted by Gasteiger charge is -2.16. The van der Waals surface area contributed by atoms with E-state index in [1.807, 2.05) is 6.92 Å². The Kier molecular flexibility index (Phi) is 2.17. The van der Waals surface area contributed by atoms with Crippen LogP contribution in [0.4, 0.5) is 0 Å². The molecule has 1 aliphatic rings. The molecule has 0 bridgehead atoms. The van der Waals surface area contributed by atoms with Gasteiger partial charge in [0.2, 0.25) is 0 Å². The largest absolute Gasteiger partial charge is 0.305 e. The maximum absolute atomic E-state index is 7.55. The lowest BCUT2D eigenvalue weighted by Crippen LogP contribution is -2.04. The highest BCUT2D eigenvalue weighted by Gasteiger charge is 2.09. The first-order valence-electron chi connectivity index (χ1n) is 4.95. The molecule has 1 heteroatoms. The van der Waals surface area contributed by atoms with Gasteiger partial charge in [-0.3, -0.25) is 0 Å². The van der Waals surface area contributed by atoms with Crippen molar-refractivity contribution < 1.29 is 0 Å². The second-order valence-corrected chi connectivity index (χ2v) is 3.82. The Hall–Kier alpha value is -1.11. The number of nitrogens with one attached hydrogen (secondary N) is 1. The molecule has 0 saturated carbocycles. The van der Waals surface area contributed by atoms with Crippen LogP contribution in [0.25, 0.3) is 0 Å². The van der Waals surface area contributed by atoms with E-state index in [0.717, 1.165) is 5.56 Å². The number of benzene rings is 1. The standard InChI is InChI=1S/C12H15N/c1-9(13)11-7-6-10-4-2-3-5-12(10)8-11/h6-8,13H,2-5H2,1H3. The highest BCUT2D eigenvalue weighted by molar-refractivity contribution is 5.96. The molecular weight excluding hydrogens is 158 g/mol. The second kappa shape index (κ2) is 3.33. The van der Waals surface area contributed by atoms with Crippen LogP contribution < -0.4 is 0 Å². The molecule has 0 saturated heterocycles. The van der Waals surface area contributed by atoms with Gasteiger partial charge in [-0.25, -0.2) is 0 Å². The summed E-state index contributed by atoms with van der Waals surface area (Å²) in [5.74, 6) is 0. The molecular formula is C12H15N. The minimum absolute atomic E-state index is 0.674. The van der Waals surface area contributed by atoms with Crippen LogP contribution in [0.5, 0.6) is 0 Å². The molecule has 0 heterocycles. The van der Waals surface area contributed by atoms with Crippen molar-refractivity contribution in [3.8, 4) is 0 Å². The summed E-state index contributed by atoms with van der Waals surface area (Å²) < 4.78 is 0. The van der Waals surface area contributed by atoms with Crippen molar-refractivity contribution >= 4 is 5.71 Å². The molecule has 0 unspecified atom stereocenters. The average Bonchev–Trinajstić information content (AvgIpc) is 2.17. The quantitative estimate of drug-likeness (QED) is 0.631. The van der Waals surface area contributed by atoms with Gasteiger partial charge in [0.15, 0.2) is 0 Å². The molecule has 1 nitrogen and oxygen atoms in total. The number of fused-ring (bicyclic) bond motifs is 1. The second-order valence-electron chi connectivity index (χ2n) is 3.82. The maximum Gasteiger partial charge on any atom is 0.0355 e. The van der Waals surface area contributed by atoms with Crippen molar-refractivity contribution in [2.75, 3.05) is 0 Å².